The Kier molecular flexibility index (Phi) is 25.7. The number of furan rings is 2. The zero-order valence-electron chi connectivity index (χ0n) is 32.6. The van der Waals surface area contributed by atoms with Gasteiger partial charge < -0.3 is 39.0 Å². The van der Waals surface area contributed by atoms with E-state index in [0.29, 0.717) is 63.0 Å². The third kappa shape index (κ3) is 22.9. The summed E-state index contributed by atoms with van der Waals surface area (Å²) in [6.45, 7) is 3.77. The van der Waals surface area contributed by atoms with E-state index in [-0.39, 0.29) is 37.9 Å². The average molecular weight is 775 g/mol. The van der Waals surface area contributed by atoms with Crippen molar-refractivity contribution in [3.63, 3.8) is 0 Å². The summed E-state index contributed by atoms with van der Waals surface area (Å²) in [5.41, 5.74) is 0. The van der Waals surface area contributed by atoms with Gasteiger partial charge in [0.15, 0.2) is 37.3 Å². The van der Waals surface area contributed by atoms with E-state index in [1.165, 1.54) is 57.1 Å². The summed E-state index contributed by atoms with van der Waals surface area (Å²) in [4.78, 5) is 72.3. The van der Waals surface area contributed by atoms with Crippen LogP contribution in [-0.4, -0.2) is 74.6 Å². The highest BCUT2D eigenvalue weighted by atomic mass is 16.6. The normalized spacial score (nSPS) is 10.7. The number of carbonyl (C=O) groups is 6. The minimum atomic E-state index is -0.649. The van der Waals surface area contributed by atoms with Gasteiger partial charge in [0.25, 0.3) is 0 Å². The van der Waals surface area contributed by atoms with Crippen LogP contribution in [0.15, 0.2) is 33.1 Å². The smallest absolute Gasteiger partial charge is 0.417 e. The van der Waals surface area contributed by atoms with Crippen molar-refractivity contribution in [3.8, 4) is 0 Å². The van der Waals surface area contributed by atoms with Gasteiger partial charge in [-0.2, -0.15) is 0 Å². The van der Waals surface area contributed by atoms with Gasteiger partial charge in [-0.25, -0.2) is 24.1 Å². The maximum atomic E-state index is 13.0. The first-order valence-corrected chi connectivity index (χ1v) is 20.0. The lowest BCUT2D eigenvalue weighted by Crippen LogP contribution is -2.45. The third-order valence-corrected chi connectivity index (χ3v) is 8.70. The summed E-state index contributed by atoms with van der Waals surface area (Å²) < 4.78 is 26.0. The number of alkyl carbamates (subject to hydrolysis) is 2. The van der Waals surface area contributed by atoms with Crippen molar-refractivity contribution >= 4 is 36.9 Å². The van der Waals surface area contributed by atoms with E-state index >= 15 is 0 Å². The summed E-state index contributed by atoms with van der Waals surface area (Å²) in [6.07, 6.45) is 16.8. The standard InChI is InChI=1S/C40H62N4O11/c1-2-3-4-5-6-7-8-9-14-19-28-51-40(50)44(27-18-13-12-17-26-43-39(49)53-32-36-23-21-34(30-46)55-36)37(47)41-24-15-10-11-16-25-42-38(48)52-31-35-22-20-33(29-45)54-35/h20-23,29-30H,2-19,24-28,31-32H2,1H3,(H,41,47)(H,42,48)(H,43,49). The number of nitrogens with one attached hydrogen (secondary N) is 3. The Hall–Kier alpha value is -4.82. The minimum Gasteiger partial charge on any atom is -0.455 e. The van der Waals surface area contributed by atoms with Gasteiger partial charge in [0.2, 0.25) is 0 Å². The van der Waals surface area contributed by atoms with Crippen molar-refractivity contribution in [1.82, 2.24) is 20.9 Å². The number of hydrogen-bond acceptors (Lipinski definition) is 11. The second kappa shape index (κ2) is 30.5. The second-order valence-electron chi connectivity index (χ2n) is 13.4. The van der Waals surface area contributed by atoms with Gasteiger partial charge in [0.05, 0.1) is 6.61 Å². The van der Waals surface area contributed by atoms with Crippen LogP contribution in [0.2, 0.25) is 0 Å². The highest BCUT2D eigenvalue weighted by Gasteiger charge is 2.22. The van der Waals surface area contributed by atoms with Crippen LogP contribution in [0.3, 0.4) is 0 Å². The molecule has 0 fully saturated rings. The molecular formula is C40H62N4O11. The van der Waals surface area contributed by atoms with Gasteiger partial charge in [-0.05, 0) is 56.4 Å². The molecule has 0 aliphatic carbocycles. The minimum absolute atomic E-state index is 0.0698. The van der Waals surface area contributed by atoms with Crippen LogP contribution in [0, 0.1) is 0 Å². The zero-order chi connectivity index (χ0) is 39.8. The Labute approximate surface area is 324 Å². The van der Waals surface area contributed by atoms with E-state index in [9.17, 15) is 28.8 Å². The van der Waals surface area contributed by atoms with E-state index in [1.807, 2.05) is 0 Å². The number of unbranched alkanes of at least 4 members (excludes halogenated alkanes) is 15. The third-order valence-electron chi connectivity index (χ3n) is 8.70. The number of amides is 5. The van der Waals surface area contributed by atoms with Crippen LogP contribution in [-0.2, 0) is 27.4 Å². The molecule has 0 saturated heterocycles. The van der Waals surface area contributed by atoms with Crippen molar-refractivity contribution in [2.45, 2.75) is 136 Å². The molecule has 0 bridgehead atoms. The van der Waals surface area contributed by atoms with E-state index < -0.39 is 24.3 Å². The predicted octanol–water partition coefficient (Wildman–Crippen LogP) is 8.84. The topological polar surface area (TPSA) is 196 Å². The lowest BCUT2D eigenvalue weighted by Gasteiger charge is -2.21. The summed E-state index contributed by atoms with van der Waals surface area (Å²) in [5.74, 6) is 1.08. The van der Waals surface area contributed by atoms with Crippen LogP contribution in [0.1, 0.15) is 155 Å². The molecule has 2 heterocycles. The molecular weight excluding hydrogens is 712 g/mol. The predicted molar refractivity (Wildman–Crippen MR) is 205 cm³/mol. The second-order valence-corrected chi connectivity index (χ2v) is 13.4. The summed E-state index contributed by atoms with van der Waals surface area (Å²) in [7, 11) is 0. The Balaban J connectivity index is 1.62. The Bertz CT molecular complexity index is 1380. The fourth-order valence-corrected chi connectivity index (χ4v) is 5.57. The molecule has 0 saturated carbocycles. The van der Waals surface area contributed by atoms with Crippen molar-refractivity contribution in [3.05, 3.63) is 47.3 Å². The van der Waals surface area contributed by atoms with Crippen molar-refractivity contribution in [1.29, 1.82) is 0 Å². The Morgan fingerprint density at radius 3 is 1.47 bits per heavy atom. The van der Waals surface area contributed by atoms with Gasteiger partial charge >= 0.3 is 24.3 Å². The molecule has 2 aromatic heterocycles. The molecule has 15 nitrogen and oxygen atoms in total. The van der Waals surface area contributed by atoms with E-state index in [4.69, 9.17) is 23.0 Å². The molecule has 0 radical (unpaired) electrons. The van der Waals surface area contributed by atoms with Gasteiger partial charge in [-0.3, -0.25) is 9.59 Å². The SMILES string of the molecule is CCCCCCCCCCCCOC(=O)N(CCCCCCNC(=O)OCc1ccc(C=O)o1)C(=O)NCCCCCCNC(=O)OCc1ccc(C=O)o1. The first-order valence-electron chi connectivity index (χ1n) is 20.0. The van der Waals surface area contributed by atoms with Gasteiger partial charge in [-0.1, -0.05) is 90.4 Å². The number of hydrogen-bond donors (Lipinski definition) is 3. The van der Waals surface area contributed by atoms with Crippen LogP contribution in [0.25, 0.3) is 0 Å². The molecule has 0 aromatic carbocycles. The summed E-state index contributed by atoms with van der Waals surface area (Å²) >= 11 is 0. The number of imide groups is 1. The number of ether oxygens (including phenoxy) is 3. The van der Waals surface area contributed by atoms with Crippen molar-refractivity contribution in [2.24, 2.45) is 0 Å². The first-order chi connectivity index (χ1) is 26.9. The fourth-order valence-electron chi connectivity index (χ4n) is 5.57. The summed E-state index contributed by atoms with van der Waals surface area (Å²) in [6, 6.07) is 5.65. The molecule has 5 amide bonds. The van der Waals surface area contributed by atoms with Crippen LogP contribution >= 0.6 is 0 Å². The monoisotopic (exact) mass is 774 g/mol. The van der Waals surface area contributed by atoms with E-state index in [2.05, 4.69) is 22.9 Å². The van der Waals surface area contributed by atoms with Crippen LogP contribution in [0.5, 0.6) is 0 Å². The number of carbonyl (C=O) groups excluding carboxylic acids is 6. The molecule has 308 valence electrons. The molecule has 15 heteroatoms. The maximum Gasteiger partial charge on any atom is 0.417 e. The molecule has 0 atom stereocenters. The maximum absolute atomic E-state index is 13.0. The number of aldehydes is 2. The Morgan fingerprint density at radius 2 is 1.00 bits per heavy atom. The molecule has 0 unspecified atom stereocenters. The highest BCUT2D eigenvalue weighted by molar-refractivity contribution is 5.90. The average Bonchev–Trinajstić information content (AvgIpc) is 3.87. The lowest BCUT2D eigenvalue weighted by molar-refractivity contribution is 0.106. The van der Waals surface area contributed by atoms with Crippen LogP contribution in [0.4, 0.5) is 19.2 Å². The molecule has 0 spiro atoms. The van der Waals surface area contributed by atoms with Crippen molar-refractivity contribution < 1.29 is 51.8 Å². The van der Waals surface area contributed by atoms with Crippen LogP contribution < -0.4 is 16.0 Å². The summed E-state index contributed by atoms with van der Waals surface area (Å²) in [5, 5.41) is 8.18. The highest BCUT2D eigenvalue weighted by Crippen LogP contribution is 2.12. The van der Waals surface area contributed by atoms with Gasteiger partial charge in [-0.15, -0.1) is 0 Å². The quantitative estimate of drug-likeness (QED) is 0.0376. The van der Waals surface area contributed by atoms with E-state index in [1.54, 1.807) is 12.1 Å². The van der Waals surface area contributed by atoms with Gasteiger partial charge in [0, 0.05) is 26.2 Å². The number of nitrogens with zero attached hydrogens (tertiary/aromatic N) is 1. The largest absolute Gasteiger partial charge is 0.455 e. The fraction of sp³-hybridized carbons (Fsp3) is 0.650. The molecule has 2 rings (SSSR count). The molecule has 55 heavy (non-hydrogen) atoms. The number of rotatable bonds is 31. The van der Waals surface area contributed by atoms with E-state index in [0.717, 1.165) is 56.3 Å². The Morgan fingerprint density at radius 1 is 0.564 bits per heavy atom. The first kappa shape index (κ1) is 46.3. The van der Waals surface area contributed by atoms with Gasteiger partial charge in [0.1, 0.15) is 11.5 Å². The van der Waals surface area contributed by atoms with Crippen molar-refractivity contribution in [2.75, 3.05) is 32.8 Å². The molecule has 0 aliphatic heterocycles. The zero-order valence-corrected chi connectivity index (χ0v) is 32.6. The number of urea groups is 1. The molecule has 0 aliphatic rings. The molecule has 2 aromatic rings. The molecule has 3 N–H and O–H groups in total. The lowest BCUT2D eigenvalue weighted by atomic mass is 10.1.